The molecule has 1 unspecified atom stereocenters. The predicted molar refractivity (Wildman–Crippen MR) is 84.5 cm³/mol. The van der Waals surface area contributed by atoms with Crippen LogP contribution in [0.25, 0.3) is 0 Å². The molecule has 1 spiro atoms. The standard InChI is InChI=1S/C16H16F6N2O3S/c17-15(18,19)10-2-3-11(16(20,21)22)12(8-10)28(26,27)24-7-1-4-14(9-24)5-6-23-13(14)25/h2-3,8H,1,4-7,9H2,(H,23,25). The van der Waals surface area contributed by atoms with Crippen molar-refractivity contribution in [1.29, 1.82) is 0 Å². The van der Waals surface area contributed by atoms with Gasteiger partial charge in [-0.15, -0.1) is 0 Å². The SMILES string of the molecule is O=C1NCCC12CCCN(S(=O)(=O)c1cc(C(F)(F)F)ccc1C(F)(F)F)C2. The van der Waals surface area contributed by atoms with Gasteiger partial charge in [-0.3, -0.25) is 4.79 Å². The maximum absolute atomic E-state index is 13.3. The molecule has 12 heteroatoms. The van der Waals surface area contributed by atoms with E-state index in [4.69, 9.17) is 0 Å². The summed E-state index contributed by atoms with van der Waals surface area (Å²) in [6.45, 7) is -0.232. The van der Waals surface area contributed by atoms with E-state index >= 15 is 0 Å². The van der Waals surface area contributed by atoms with Crippen molar-refractivity contribution in [1.82, 2.24) is 9.62 Å². The second-order valence-corrected chi connectivity index (χ2v) is 8.84. The fourth-order valence-corrected chi connectivity index (χ4v) is 5.49. The summed E-state index contributed by atoms with van der Waals surface area (Å²) in [5.41, 5.74) is -4.23. The van der Waals surface area contributed by atoms with Gasteiger partial charge in [-0.2, -0.15) is 30.6 Å². The van der Waals surface area contributed by atoms with E-state index in [1.807, 2.05) is 0 Å². The van der Waals surface area contributed by atoms with Crippen molar-refractivity contribution in [3.63, 3.8) is 0 Å². The quantitative estimate of drug-likeness (QED) is 0.734. The van der Waals surface area contributed by atoms with Gasteiger partial charge in [0.2, 0.25) is 15.9 Å². The average molecular weight is 430 g/mol. The minimum atomic E-state index is -5.16. The predicted octanol–water partition coefficient (Wildman–Crippen LogP) is 3.02. The number of carbonyl (C=O) groups excluding carboxylic acids is 1. The lowest BCUT2D eigenvalue weighted by atomic mass is 9.79. The largest absolute Gasteiger partial charge is 0.417 e. The fraction of sp³-hybridized carbons (Fsp3) is 0.562. The highest BCUT2D eigenvalue weighted by molar-refractivity contribution is 7.89. The summed E-state index contributed by atoms with van der Waals surface area (Å²) in [5.74, 6) is -0.396. The molecule has 1 amide bonds. The zero-order valence-corrected chi connectivity index (χ0v) is 15.1. The van der Waals surface area contributed by atoms with Gasteiger partial charge in [0.05, 0.1) is 21.4 Å². The number of rotatable bonds is 2. The van der Waals surface area contributed by atoms with Gasteiger partial charge in [0.15, 0.2) is 0 Å². The first-order valence-corrected chi connectivity index (χ1v) is 9.78. The summed E-state index contributed by atoms with van der Waals surface area (Å²) >= 11 is 0. The fourth-order valence-electron chi connectivity index (χ4n) is 3.69. The second-order valence-electron chi connectivity index (χ2n) is 6.93. The van der Waals surface area contributed by atoms with E-state index in [1.54, 1.807) is 0 Å². The van der Waals surface area contributed by atoms with Crippen molar-refractivity contribution in [2.75, 3.05) is 19.6 Å². The van der Waals surface area contributed by atoms with E-state index in [-0.39, 0.29) is 37.7 Å². The van der Waals surface area contributed by atoms with Gasteiger partial charge in [0.25, 0.3) is 0 Å². The van der Waals surface area contributed by atoms with Crippen molar-refractivity contribution >= 4 is 15.9 Å². The lowest BCUT2D eigenvalue weighted by molar-refractivity contribution is -0.143. The van der Waals surface area contributed by atoms with Crippen LogP contribution in [-0.2, 0) is 27.2 Å². The number of amides is 1. The number of nitrogens with one attached hydrogen (secondary N) is 1. The lowest BCUT2D eigenvalue weighted by Crippen LogP contribution is -2.49. The third-order valence-electron chi connectivity index (χ3n) is 5.14. The molecule has 156 valence electrons. The summed E-state index contributed by atoms with van der Waals surface area (Å²) in [6.07, 6.45) is -9.29. The topological polar surface area (TPSA) is 66.5 Å². The van der Waals surface area contributed by atoms with Crippen LogP contribution in [0.1, 0.15) is 30.4 Å². The zero-order valence-electron chi connectivity index (χ0n) is 14.3. The Hall–Kier alpha value is -1.82. The molecular weight excluding hydrogens is 414 g/mol. The summed E-state index contributed by atoms with van der Waals surface area (Å²) < 4.78 is 105. The van der Waals surface area contributed by atoms with Gasteiger partial charge in [-0.05, 0) is 37.5 Å². The molecule has 5 nitrogen and oxygen atoms in total. The minimum absolute atomic E-state index is 0.00809. The number of piperidine rings is 1. The highest BCUT2D eigenvalue weighted by Gasteiger charge is 2.49. The first-order valence-electron chi connectivity index (χ1n) is 8.34. The molecule has 1 atom stereocenters. The molecule has 0 aromatic heterocycles. The van der Waals surface area contributed by atoms with Gasteiger partial charge in [-0.25, -0.2) is 8.42 Å². The highest BCUT2D eigenvalue weighted by Crippen LogP contribution is 2.42. The molecule has 2 aliphatic heterocycles. The molecule has 1 aromatic carbocycles. The Morgan fingerprint density at radius 1 is 1.04 bits per heavy atom. The Kier molecular flexibility index (Phi) is 4.94. The number of halogens is 6. The smallest absolute Gasteiger partial charge is 0.356 e. The van der Waals surface area contributed by atoms with Gasteiger partial charge in [0.1, 0.15) is 0 Å². The summed E-state index contributed by atoms with van der Waals surface area (Å²) in [5, 5.41) is 2.57. The van der Waals surface area contributed by atoms with Gasteiger partial charge in [-0.1, -0.05) is 0 Å². The Morgan fingerprint density at radius 2 is 1.71 bits per heavy atom. The number of alkyl halides is 6. The Labute approximate surface area is 156 Å². The molecule has 2 aliphatic rings. The van der Waals surface area contributed by atoms with Crippen LogP contribution < -0.4 is 5.32 Å². The summed E-state index contributed by atoms with van der Waals surface area (Å²) in [6, 6.07) is 0.329. The molecule has 28 heavy (non-hydrogen) atoms. The van der Waals surface area contributed by atoms with Gasteiger partial charge >= 0.3 is 12.4 Å². The molecule has 2 saturated heterocycles. The van der Waals surface area contributed by atoms with Crippen LogP contribution in [0.5, 0.6) is 0 Å². The number of hydrogen-bond acceptors (Lipinski definition) is 3. The highest BCUT2D eigenvalue weighted by atomic mass is 32.2. The van der Waals surface area contributed by atoms with Crippen molar-refractivity contribution in [2.24, 2.45) is 5.41 Å². The van der Waals surface area contributed by atoms with Crippen LogP contribution in [0.15, 0.2) is 23.1 Å². The molecule has 1 aromatic rings. The third kappa shape index (κ3) is 3.59. The van der Waals surface area contributed by atoms with E-state index in [2.05, 4.69) is 5.32 Å². The van der Waals surface area contributed by atoms with E-state index in [0.29, 0.717) is 23.7 Å². The van der Waals surface area contributed by atoms with E-state index < -0.39 is 49.7 Å². The lowest BCUT2D eigenvalue weighted by Gasteiger charge is -2.37. The van der Waals surface area contributed by atoms with Crippen LogP contribution in [-0.4, -0.2) is 38.3 Å². The average Bonchev–Trinajstić information content (AvgIpc) is 2.92. The van der Waals surface area contributed by atoms with Crippen LogP contribution in [0, 0.1) is 5.41 Å². The van der Waals surface area contributed by atoms with Crippen molar-refractivity contribution < 1.29 is 39.6 Å². The molecule has 1 N–H and O–H groups in total. The van der Waals surface area contributed by atoms with E-state index in [1.165, 1.54) is 0 Å². The Bertz CT molecular complexity index is 897. The van der Waals surface area contributed by atoms with Crippen LogP contribution in [0.3, 0.4) is 0 Å². The molecule has 0 saturated carbocycles. The van der Waals surface area contributed by atoms with Gasteiger partial charge < -0.3 is 5.32 Å². The van der Waals surface area contributed by atoms with Crippen LogP contribution in [0.2, 0.25) is 0 Å². The Morgan fingerprint density at radius 3 is 2.25 bits per heavy atom. The molecular formula is C16H16F6N2O3S. The molecule has 0 bridgehead atoms. The number of benzene rings is 1. The first-order chi connectivity index (χ1) is 12.8. The van der Waals surface area contributed by atoms with E-state index in [0.717, 1.165) is 0 Å². The maximum Gasteiger partial charge on any atom is 0.417 e. The van der Waals surface area contributed by atoms with E-state index in [9.17, 15) is 39.6 Å². The normalized spacial score (nSPS) is 24.6. The second kappa shape index (κ2) is 6.61. The molecule has 2 heterocycles. The van der Waals surface area contributed by atoms with Crippen LogP contribution in [0.4, 0.5) is 26.3 Å². The third-order valence-corrected chi connectivity index (χ3v) is 7.03. The molecule has 2 fully saturated rings. The number of nitrogens with zero attached hydrogens (tertiary/aromatic N) is 1. The summed E-state index contributed by atoms with van der Waals surface area (Å²) in [7, 11) is -4.91. The molecule has 3 rings (SSSR count). The van der Waals surface area contributed by atoms with Gasteiger partial charge in [0, 0.05) is 19.6 Å². The maximum atomic E-state index is 13.3. The number of carbonyl (C=O) groups is 1. The molecule has 0 aliphatic carbocycles. The van der Waals surface area contributed by atoms with Crippen molar-refractivity contribution in [3.05, 3.63) is 29.3 Å². The number of sulfonamides is 1. The molecule has 0 radical (unpaired) electrons. The summed E-state index contributed by atoms with van der Waals surface area (Å²) in [4.78, 5) is 10.7. The zero-order chi connectivity index (χ0) is 21.0. The monoisotopic (exact) mass is 430 g/mol. The van der Waals surface area contributed by atoms with Crippen LogP contribution >= 0.6 is 0 Å². The van der Waals surface area contributed by atoms with Crippen molar-refractivity contribution in [3.8, 4) is 0 Å². The Balaban J connectivity index is 2.08. The number of hydrogen-bond donors (Lipinski definition) is 1. The van der Waals surface area contributed by atoms with Crippen molar-refractivity contribution in [2.45, 2.75) is 36.5 Å². The first kappa shape index (κ1) is 20.9. The minimum Gasteiger partial charge on any atom is -0.356 e.